The molecular formula is C59H41NS. The summed E-state index contributed by atoms with van der Waals surface area (Å²) in [6.45, 7) is 0. The van der Waals surface area contributed by atoms with Crippen molar-refractivity contribution in [3.8, 4) is 54.3 Å². The molecule has 61 heavy (non-hydrogen) atoms. The molecular weight excluding hydrogens is 755 g/mol. The van der Waals surface area contributed by atoms with Crippen LogP contribution >= 0.6 is 11.3 Å². The molecule has 0 radical (unpaired) electrons. The summed E-state index contributed by atoms with van der Waals surface area (Å²) in [5.74, 6) is 0. The molecule has 1 aliphatic rings. The van der Waals surface area contributed by atoms with Gasteiger partial charge in [-0.15, -0.1) is 11.3 Å². The van der Waals surface area contributed by atoms with E-state index in [9.17, 15) is 11.0 Å². The predicted octanol–water partition coefficient (Wildman–Crippen LogP) is 16.2. The number of fused-ring (bicyclic) bond motifs is 3. The fourth-order valence-corrected chi connectivity index (χ4v) is 10.2. The lowest BCUT2D eigenvalue weighted by molar-refractivity contribution is 0.773. The van der Waals surface area contributed by atoms with E-state index in [2.05, 4.69) is 47.4 Å². The molecule has 0 unspecified atom stereocenters. The Balaban J connectivity index is 1.32. The van der Waals surface area contributed by atoms with Crippen LogP contribution in [0.4, 0.5) is 17.1 Å². The lowest BCUT2D eigenvalue weighted by atomic mass is 9.67. The molecule has 0 amide bonds. The molecule has 1 heterocycles. The number of rotatable bonds is 9. The maximum atomic E-state index is 9.86. The highest BCUT2D eigenvalue weighted by molar-refractivity contribution is 7.19. The van der Waals surface area contributed by atoms with Crippen molar-refractivity contribution < 1.29 is 13.7 Å². The summed E-state index contributed by atoms with van der Waals surface area (Å²) in [5, 5.41) is 0. The molecule has 11 rings (SSSR count). The van der Waals surface area contributed by atoms with Crippen LogP contribution < -0.4 is 4.90 Å². The molecule has 1 aromatic heterocycles. The largest absolute Gasteiger partial charge is 0.310 e. The molecule has 9 aromatic carbocycles. The first kappa shape index (κ1) is 27.3. The molecule has 0 aliphatic heterocycles. The molecule has 1 nitrogen and oxygen atoms in total. The van der Waals surface area contributed by atoms with E-state index in [1.807, 2.05) is 146 Å². The highest BCUT2D eigenvalue weighted by Gasteiger charge is 2.50. The van der Waals surface area contributed by atoms with E-state index >= 15 is 0 Å². The average molecular weight is 806 g/mol. The van der Waals surface area contributed by atoms with E-state index in [1.165, 1.54) is 11.3 Å². The molecule has 0 saturated carbocycles. The summed E-state index contributed by atoms with van der Waals surface area (Å²) < 4.78 is 93.9. The first-order valence-corrected chi connectivity index (χ1v) is 20.9. The zero-order valence-electron chi connectivity index (χ0n) is 42.8. The van der Waals surface area contributed by atoms with Crippen LogP contribution in [0.25, 0.3) is 54.3 Å². The van der Waals surface area contributed by atoms with E-state index in [0.29, 0.717) is 32.8 Å². The third-order valence-electron chi connectivity index (χ3n) is 11.5. The number of thiophene rings is 1. The first-order valence-electron chi connectivity index (χ1n) is 25.1. The smallest absolute Gasteiger partial charge is 0.0728 e. The molecule has 1 aliphatic carbocycles. The minimum absolute atomic E-state index is 0.224. The monoisotopic (exact) mass is 805 g/mol. The minimum atomic E-state index is -2.11. The van der Waals surface area contributed by atoms with Crippen LogP contribution in [0.15, 0.2) is 248 Å². The summed E-state index contributed by atoms with van der Waals surface area (Å²) in [6, 6.07) is 55.8. The van der Waals surface area contributed by atoms with Gasteiger partial charge in [-0.1, -0.05) is 212 Å². The fraction of sp³-hybridized carbons (Fsp3) is 0.0169. The molecule has 0 N–H and O–H groups in total. The number of anilines is 3. The van der Waals surface area contributed by atoms with Gasteiger partial charge in [0.15, 0.2) is 0 Å². The molecule has 0 fully saturated rings. The van der Waals surface area contributed by atoms with Gasteiger partial charge in [0.2, 0.25) is 0 Å². The Morgan fingerprint density at radius 3 is 1.41 bits per heavy atom. The standard InChI is InChI=1S/C59H41NS/c1-7-20-42(21-8-1)44-34-36-50(37-35-44)60(51-33-19-28-47(40-51)43-22-9-2-10-23-43)52-38-39-53-54(41-52)59(48-29-15-5-16-30-48,49-31-17-6-18-32-49)56-55(53)57(45-24-11-3-12-25-45)61-58(56)46-26-13-4-14-27-46/h1-41H/i5D,6D,15D,16D,17D,18D,29D,30D,31D,32D. The second kappa shape index (κ2) is 15.6. The first-order chi connectivity index (χ1) is 34.4. The summed E-state index contributed by atoms with van der Waals surface area (Å²) in [4.78, 5) is 3.55. The lowest BCUT2D eigenvalue weighted by Gasteiger charge is -2.35. The van der Waals surface area contributed by atoms with E-state index in [-0.39, 0.29) is 11.1 Å². The Morgan fingerprint density at radius 2 is 0.836 bits per heavy atom. The van der Waals surface area contributed by atoms with Gasteiger partial charge in [-0.25, -0.2) is 0 Å². The van der Waals surface area contributed by atoms with Crippen LogP contribution in [0.2, 0.25) is 0 Å². The lowest BCUT2D eigenvalue weighted by Crippen LogP contribution is -2.29. The van der Waals surface area contributed by atoms with Gasteiger partial charge in [-0.3, -0.25) is 0 Å². The molecule has 288 valence electrons. The van der Waals surface area contributed by atoms with E-state index in [0.717, 1.165) is 49.6 Å². The molecule has 0 spiro atoms. The third kappa shape index (κ3) is 6.32. The van der Waals surface area contributed by atoms with E-state index < -0.39 is 65.8 Å². The molecule has 2 heteroatoms. The zero-order valence-corrected chi connectivity index (χ0v) is 33.6. The van der Waals surface area contributed by atoms with Crippen LogP contribution in [0, 0.1) is 0 Å². The van der Waals surface area contributed by atoms with Gasteiger partial charge in [0, 0.05) is 32.4 Å². The second-order valence-corrected chi connectivity index (χ2v) is 15.9. The third-order valence-corrected chi connectivity index (χ3v) is 12.8. The molecule has 0 bridgehead atoms. The maximum Gasteiger partial charge on any atom is 0.0728 e. The van der Waals surface area contributed by atoms with Crippen molar-refractivity contribution in [2.75, 3.05) is 4.90 Å². The van der Waals surface area contributed by atoms with Crippen LogP contribution in [-0.4, -0.2) is 0 Å². The van der Waals surface area contributed by atoms with Crippen LogP contribution in [-0.2, 0) is 5.41 Å². The number of hydrogen-bond acceptors (Lipinski definition) is 2. The van der Waals surface area contributed by atoms with Crippen LogP contribution in [0.5, 0.6) is 0 Å². The highest BCUT2D eigenvalue weighted by atomic mass is 32.1. The maximum absolute atomic E-state index is 9.86. The van der Waals surface area contributed by atoms with Gasteiger partial charge in [0.05, 0.1) is 19.1 Å². The predicted molar refractivity (Wildman–Crippen MR) is 258 cm³/mol. The molecule has 0 atom stereocenters. The Bertz CT molecular complexity index is 3570. The van der Waals surface area contributed by atoms with Crippen molar-refractivity contribution in [3.63, 3.8) is 0 Å². The number of nitrogens with zero attached hydrogens (tertiary/aromatic N) is 1. The van der Waals surface area contributed by atoms with E-state index in [1.54, 1.807) is 0 Å². The van der Waals surface area contributed by atoms with Gasteiger partial charge in [0.1, 0.15) is 0 Å². The Hall–Kier alpha value is -7.52. The van der Waals surface area contributed by atoms with Crippen molar-refractivity contribution in [1.29, 1.82) is 0 Å². The summed E-state index contributed by atoms with van der Waals surface area (Å²) >= 11 is 1.46. The average Bonchev–Trinajstić information content (AvgIpc) is 3.95. The second-order valence-electron chi connectivity index (χ2n) is 14.9. The Morgan fingerprint density at radius 1 is 0.377 bits per heavy atom. The van der Waals surface area contributed by atoms with Crippen LogP contribution in [0.1, 0.15) is 36.0 Å². The Kier molecular flexibility index (Phi) is 6.97. The summed E-state index contributed by atoms with van der Waals surface area (Å²) in [5.41, 5.74) is 7.40. The number of hydrogen-bond donors (Lipinski definition) is 0. The van der Waals surface area contributed by atoms with Crippen molar-refractivity contribution in [2.24, 2.45) is 0 Å². The normalized spacial score (nSPS) is 14.7. The van der Waals surface area contributed by atoms with Gasteiger partial charge in [-0.2, -0.15) is 0 Å². The van der Waals surface area contributed by atoms with Crippen molar-refractivity contribution >= 4 is 28.4 Å². The van der Waals surface area contributed by atoms with E-state index in [4.69, 9.17) is 2.74 Å². The molecule has 10 aromatic rings. The SMILES string of the molecule is [2H]c1c([2H])c([2H])c(C2(c3c([2H])c([2H])c([2H])c([2H])c3[2H])c3cc(N(c4ccc(-c5ccccc5)cc4)c4cccc(-c5ccccc5)c4)ccc3-c3c(-c4ccccc4)sc(-c4ccccc4)c32)c([2H])c1[2H]. The summed E-state index contributed by atoms with van der Waals surface area (Å²) in [6.07, 6.45) is 0. The van der Waals surface area contributed by atoms with Crippen molar-refractivity contribution in [2.45, 2.75) is 5.41 Å². The van der Waals surface area contributed by atoms with Crippen LogP contribution in [0.3, 0.4) is 0 Å². The van der Waals surface area contributed by atoms with Gasteiger partial charge in [-0.05, 0) is 97.6 Å². The highest BCUT2D eigenvalue weighted by Crippen LogP contribution is 2.64. The molecule has 0 saturated heterocycles. The zero-order chi connectivity index (χ0) is 49.3. The van der Waals surface area contributed by atoms with Gasteiger partial charge < -0.3 is 4.90 Å². The quantitative estimate of drug-likeness (QED) is 0.140. The topological polar surface area (TPSA) is 3.24 Å². The van der Waals surface area contributed by atoms with Gasteiger partial charge in [0.25, 0.3) is 0 Å². The summed E-state index contributed by atoms with van der Waals surface area (Å²) in [7, 11) is 0. The van der Waals surface area contributed by atoms with Crippen molar-refractivity contribution in [3.05, 3.63) is 271 Å². The minimum Gasteiger partial charge on any atom is -0.310 e. The van der Waals surface area contributed by atoms with Gasteiger partial charge >= 0.3 is 0 Å². The Labute approximate surface area is 376 Å². The fourth-order valence-electron chi connectivity index (χ4n) is 8.82. The number of benzene rings is 9. The van der Waals surface area contributed by atoms with Crippen molar-refractivity contribution in [1.82, 2.24) is 0 Å².